The fourth-order valence-corrected chi connectivity index (χ4v) is 2.56. The molecule has 0 aliphatic carbocycles. The number of rotatable bonds is 3. The van der Waals surface area contributed by atoms with E-state index >= 15 is 0 Å². The number of carbonyl (C=O) groups is 2. The standard InChI is InChI=1S/C14H18N2O3/c1-10(17)8-12-4-2-3-7-16(12)14(19)11-5-6-15-13(18)9-11/h5-6,9,12H,2-4,7-8H2,1H3,(H,15,18). The van der Waals surface area contributed by atoms with Crippen LogP contribution in [0.15, 0.2) is 23.1 Å². The molecule has 1 atom stereocenters. The Morgan fingerprint density at radius 3 is 2.89 bits per heavy atom. The van der Waals surface area contributed by atoms with Crippen LogP contribution in [0.3, 0.4) is 0 Å². The molecule has 0 spiro atoms. The summed E-state index contributed by atoms with van der Waals surface area (Å²) in [6.45, 7) is 2.20. The second-order valence-corrected chi connectivity index (χ2v) is 5.00. The van der Waals surface area contributed by atoms with E-state index in [0.29, 0.717) is 18.5 Å². The van der Waals surface area contributed by atoms with Gasteiger partial charge >= 0.3 is 0 Å². The minimum Gasteiger partial charge on any atom is -0.335 e. The quantitative estimate of drug-likeness (QED) is 0.893. The summed E-state index contributed by atoms with van der Waals surface area (Å²) in [4.78, 5) is 39.2. The highest BCUT2D eigenvalue weighted by atomic mass is 16.2. The number of aromatic nitrogens is 1. The second kappa shape index (κ2) is 5.82. The lowest BCUT2D eigenvalue weighted by atomic mass is 9.97. The van der Waals surface area contributed by atoms with E-state index in [4.69, 9.17) is 0 Å². The molecule has 102 valence electrons. The average molecular weight is 262 g/mol. The highest BCUT2D eigenvalue weighted by Gasteiger charge is 2.28. The van der Waals surface area contributed by atoms with Crippen molar-refractivity contribution in [1.82, 2.24) is 9.88 Å². The van der Waals surface area contributed by atoms with E-state index in [1.165, 1.54) is 12.3 Å². The minimum absolute atomic E-state index is 0.0296. The Morgan fingerprint density at radius 1 is 1.42 bits per heavy atom. The molecule has 1 N–H and O–H groups in total. The summed E-state index contributed by atoms with van der Waals surface area (Å²) < 4.78 is 0. The van der Waals surface area contributed by atoms with E-state index < -0.39 is 0 Å². The number of amides is 1. The van der Waals surface area contributed by atoms with Crippen LogP contribution < -0.4 is 5.56 Å². The first-order valence-corrected chi connectivity index (χ1v) is 6.57. The molecule has 0 bridgehead atoms. The molecule has 2 rings (SSSR count). The van der Waals surface area contributed by atoms with E-state index in [2.05, 4.69) is 4.98 Å². The Kier molecular flexibility index (Phi) is 4.14. The molecule has 1 aliphatic rings. The van der Waals surface area contributed by atoms with Gasteiger partial charge < -0.3 is 9.88 Å². The number of nitrogens with one attached hydrogen (secondary N) is 1. The molecular formula is C14H18N2O3. The SMILES string of the molecule is CC(=O)CC1CCCCN1C(=O)c1cc[nH]c(=O)c1. The maximum Gasteiger partial charge on any atom is 0.254 e. The Bertz CT molecular complexity index is 535. The van der Waals surface area contributed by atoms with Gasteiger partial charge in [-0.15, -0.1) is 0 Å². The number of aromatic amines is 1. The van der Waals surface area contributed by atoms with E-state index in [0.717, 1.165) is 19.3 Å². The van der Waals surface area contributed by atoms with Crippen molar-refractivity contribution in [2.24, 2.45) is 0 Å². The van der Waals surface area contributed by atoms with Crippen molar-refractivity contribution in [3.05, 3.63) is 34.2 Å². The van der Waals surface area contributed by atoms with Gasteiger partial charge in [0.1, 0.15) is 5.78 Å². The van der Waals surface area contributed by atoms with Crippen LogP contribution in [0.2, 0.25) is 0 Å². The molecule has 1 aromatic heterocycles. The number of hydrogen-bond donors (Lipinski definition) is 1. The maximum atomic E-state index is 12.4. The van der Waals surface area contributed by atoms with Gasteiger partial charge in [-0.1, -0.05) is 0 Å². The third-order valence-corrected chi connectivity index (χ3v) is 3.43. The molecule has 1 unspecified atom stereocenters. The summed E-state index contributed by atoms with van der Waals surface area (Å²) in [5, 5.41) is 0. The van der Waals surface area contributed by atoms with Crippen molar-refractivity contribution in [3.63, 3.8) is 0 Å². The topological polar surface area (TPSA) is 70.2 Å². The van der Waals surface area contributed by atoms with Crippen LogP contribution >= 0.6 is 0 Å². The zero-order valence-electron chi connectivity index (χ0n) is 11.0. The summed E-state index contributed by atoms with van der Waals surface area (Å²) in [5.41, 5.74) is 0.102. The van der Waals surface area contributed by atoms with Crippen molar-refractivity contribution < 1.29 is 9.59 Å². The number of piperidine rings is 1. The van der Waals surface area contributed by atoms with E-state index in [1.54, 1.807) is 17.9 Å². The van der Waals surface area contributed by atoms with E-state index in [9.17, 15) is 14.4 Å². The van der Waals surface area contributed by atoms with Gasteiger partial charge in [0, 0.05) is 36.8 Å². The first-order chi connectivity index (χ1) is 9.08. The molecule has 1 fully saturated rings. The van der Waals surface area contributed by atoms with Crippen LogP contribution in [0.1, 0.15) is 43.0 Å². The number of ketones is 1. The lowest BCUT2D eigenvalue weighted by molar-refractivity contribution is -0.118. The molecule has 5 heteroatoms. The third-order valence-electron chi connectivity index (χ3n) is 3.43. The molecule has 1 amide bonds. The van der Waals surface area contributed by atoms with Gasteiger partial charge in [0.25, 0.3) is 5.91 Å². The van der Waals surface area contributed by atoms with Crippen LogP contribution in [0.4, 0.5) is 0 Å². The number of carbonyl (C=O) groups excluding carboxylic acids is 2. The molecule has 2 heterocycles. The van der Waals surface area contributed by atoms with Crippen LogP contribution in [-0.2, 0) is 4.79 Å². The molecule has 1 saturated heterocycles. The van der Waals surface area contributed by atoms with Gasteiger partial charge in [-0.3, -0.25) is 14.4 Å². The van der Waals surface area contributed by atoms with Crippen molar-refractivity contribution >= 4 is 11.7 Å². The van der Waals surface area contributed by atoms with Crippen molar-refractivity contribution in [1.29, 1.82) is 0 Å². The summed E-state index contributed by atoms with van der Waals surface area (Å²) in [7, 11) is 0. The van der Waals surface area contributed by atoms with Gasteiger partial charge in [-0.25, -0.2) is 0 Å². The predicted octanol–water partition coefficient (Wildman–Crippen LogP) is 1.35. The minimum atomic E-state index is -0.286. The largest absolute Gasteiger partial charge is 0.335 e. The fraction of sp³-hybridized carbons (Fsp3) is 0.500. The molecule has 0 aromatic carbocycles. The van der Waals surface area contributed by atoms with Crippen molar-refractivity contribution in [2.45, 2.75) is 38.6 Å². The highest BCUT2D eigenvalue weighted by molar-refractivity contribution is 5.94. The first kappa shape index (κ1) is 13.5. The van der Waals surface area contributed by atoms with E-state index in [1.807, 2.05) is 0 Å². The Balaban J connectivity index is 2.19. The molecular weight excluding hydrogens is 244 g/mol. The van der Waals surface area contributed by atoms with Gasteiger partial charge in [-0.05, 0) is 32.3 Å². The van der Waals surface area contributed by atoms with Crippen molar-refractivity contribution in [2.75, 3.05) is 6.54 Å². The van der Waals surface area contributed by atoms with Crippen LogP contribution in [0.25, 0.3) is 0 Å². The Labute approximate surface area is 111 Å². The monoisotopic (exact) mass is 262 g/mol. The normalized spacial score (nSPS) is 19.2. The third kappa shape index (κ3) is 3.30. The van der Waals surface area contributed by atoms with Crippen molar-refractivity contribution in [3.8, 4) is 0 Å². The number of H-pyrrole nitrogens is 1. The van der Waals surface area contributed by atoms with Gasteiger partial charge in [0.2, 0.25) is 5.56 Å². The van der Waals surface area contributed by atoms with Gasteiger partial charge in [-0.2, -0.15) is 0 Å². The Hall–Kier alpha value is -1.91. The average Bonchev–Trinajstić information content (AvgIpc) is 2.38. The summed E-state index contributed by atoms with van der Waals surface area (Å²) in [5.74, 6) is -0.0624. The van der Waals surface area contributed by atoms with Crippen LogP contribution in [-0.4, -0.2) is 34.2 Å². The summed E-state index contributed by atoms with van der Waals surface area (Å²) in [6, 6.07) is 2.88. The van der Waals surface area contributed by atoms with Crippen LogP contribution in [0, 0.1) is 0 Å². The number of likely N-dealkylation sites (tertiary alicyclic amines) is 1. The first-order valence-electron chi connectivity index (χ1n) is 6.57. The Morgan fingerprint density at radius 2 is 2.21 bits per heavy atom. The molecule has 1 aliphatic heterocycles. The van der Waals surface area contributed by atoms with Gasteiger partial charge in [0.05, 0.1) is 0 Å². The lowest BCUT2D eigenvalue weighted by Gasteiger charge is -2.35. The number of hydrogen-bond acceptors (Lipinski definition) is 3. The number of nitrogens with zero attached hydrogens (tertiary/aromatic N) is 1. The highest BCUT2D eigenvalue weighted by Crippen LogP contribution is 2.21. The molecule has 0 saturated carbocycles. The molecule has 19 heavy (non-hydrogen) atoms. The second-order valence-electron chi connectivity index (χ2n) is 5.00. The van der Waals surface area contributed by atoms with Crippen LogP contribution in [0.5, 0.6) is 0 Å². The molecule has 1 aromatic rings. The molecule has 5 nitrogen and oxygen atoms in total. The van der Waals surface area contributed by atoms with Gasteiger partial charge in [0.15, 0.2) is 0 Å². The summed E-state index contributed by atoms with van der Waals surface area (Å²) in [6.07, 6.45) is 4.71. The maximum absolute atomic E-state index is 12.4. The summed E-state index contributed by atoms with van der Waals surface area (Å²) >= 11 is 0. The molecule has 0 radical (unpaired) electrons. The zero-order chi connectivity index (χ0) is 13.8. The zero-order valence-corrected chi connectivity index (χ0v) is 11.0. The number of pyridine rings is 1. The predicted molar refractivity (Wildman–Crippen MR) is 71.0 cm³/mol. The lowest BCUT2D eigenvalue weighted by Crippen LogP contribution is -2.44. The van der Waals surface area contributed by atoms with E-state index in [-0.39, 0.29) is 23.3 Å². The fourth-order valence-electron chi connectivity index (χ4n) is 2.56. The number of Topliss-reactive ketones (excluding diaryl/α,β-unsaturated/α-hetero) is 1. The smallest absolute Gasteiger partial charge is 0.254 e.